The highest BCUT2D eigenvalue weighted by atomic mass is 79.9. The quantitative estimate of drug-likeness (QED) is 0.642. The number of halogens is 1. The van der Waals surface area contributed by atoms with Gasteiger partial charge in [-0.05, 0) is 19.4 Å². The summed E-state index contributed by atoms with van der Waals surface area (Å²) in [7, 11) is 1.41. The molecule has 0 aliphatic heterocycles. The maximum Gasteiger partial charge on any atom is 0.329 e. The Balaban J connectivity index is 2.94. The van der Waals surface area contributed by atoms with E-state index in [9.17, 15) is 19.7 Å². The number of hydrogen-bond donors (Lipinski definition) is 1. The van der Waals surface area contributed by atoms with Crippen LogP contribution in [0.3, 0.4) is 0 Å². The number of hydrogen-bond acceptors (Lipinski definition) is 4. The van der Waals surface area contributed by atoms with Crippen molar-refractivity contribution < 1.29 is 19.6 Å². The number of carbonyl (C=O) groups is 2. The first-order valence-corrected chi connectivity index (χ1v) is 6.79. The van der Waals surface area contributed by atoms with Crippen LogP contribution < -0.4 is 0 Å². The van der Waals surface area contributed by atoms with E-state index >= 15 is 0 Å². The zero-order valence-electron chi connectivity index (χ0n) is 11.8. The number of carboxylic acid groups (broad SMARTS) is 1. The van der Waals surface area contributed by atoms with Gasteiger partial charge in [0, 0.05) is 23.7 Å². The van der Waals surface area contributed by atoms with Gasteiger partial charge in [-0.3, -0.25) is 14.9 Å². The number of rotatable bonds is 5. The molecule has 0 saturated heterocycles. The Morgan fingerprint density at radius 2 is 2.00 bits per heavy atom. The van der Waals surface area contributed by atoms with E-state index in [0.29, 0.717) is 10.0 Å². The van der Waals surface area contributed by atoms with Crippen LogP contribution in [0.15, 0.2) is 22.7 Å². The van der Waals surface area contributed by atoms with E-state index in [2.05, 4.69) is 15.9 Å². The molecule has 1 amide bonds. The highest BCUT2D eigenvalue weighted by molar-refractivity contribution is 9.10. The second kappa shape index (κ2) is 6.21. The number of non-ortho nitro benzene ring substituents is 1. The van der Waals surface area contributed by atoms with Gasteiger partial charge in [0.2, 0.25) is 5.91 Å². The topological polar surface area (TPSA) is 101 Å². The van der Waals surface area contributed by atoms with E-state index in [0.717, 1.165) is 4.90 Å². The lowest BCUT2D eigenvalue weighted by Crippen LogP contribution is -2.51. The number of carbonyl (C=O) groups excluding carboxylic acids is 1. The van der Waals surface area contributed by atoms with Gasteiger partial charge in [0.15, 0.2) is 0 Å². The number of amides is 1. The van der Waals surface area contributed by atoms with Crippen molar-refractivity contribution in [2.45, 2.75) is 25.8 Å². The predicted molar refractivity (Wildman–Crippen MR) is 79.0 cm³/mol. The number of nitrogens with zero attached hydrogens (tertiary/aromatic N) is 2. The van der Waals surface area contributed by atoms with E-state index in [1.165, 1.54) is 39.1 Å². The monoisotopic (exact) mass is 358 g/mol. The third kappa shape index (κ3) is 3.78. The van der Waals surface area contributed by atoms with E-state index in [1.54, 1.807) is 0 Å². The summed E-state index contributed by atoms with van der Waals surface area (Å²) in [5.41, 5.74) is -0.861. The fourth-order valence-electron chi connectivity index (χ4n) is 1.53. The number of likely N-dealkylation sites (N-methyl/N-ethyl adjacent to an activating group) is 1. The van der Waals surface area contributed by atoms with Crippen LogP contribution in [0.5, 0.6) is 0 Å². The maximum absolute atomic E-state index is 12.1. The fraction of sp³-hybridized carbons (Fsp3) is 0.385. The standard InChI is InChI=1S/C13H15BrN2O5/c1-13(2,12(18)19)15(3)11(17)6-8-4-5-9(16(20)21)7-10(8)14/h4-5,7H,6H2,1-3H3,(H,18,19). The summed E-state index contributed by atoms with van der Waals surface area (Å²) in [6.45, 7) is 2.86. The molecule has 114 valence electrons. The van der Waals surface area contributed by atoms with Gasteiger partial charge in [0.25, 0.3) is 5.69 Å². The van der Waals surface area contributed by atoms with Crippen molar-refractivity contribution in [1.82, 2.24) is 4.90 Å². The Kier molecular flexibility index (Phi) is 5.06. The fourth-order valence-corrected chi connectivity index (χ4v) is 2.04. The molecule has 7 nitrogen and oxygen atoms in total. The Morgan fingerprint density at radius 1 is 1.43 bits per heavy atom. The lowest BCUT2D eigenvalue weighted by atomic mass is 10.0. The number of benzene rings is 1. The summed E-state index contributed by atoms with van der Waals surface area (Å²) in [4.78, 5) is 34.5. The zero-order valence-corrected chi connectivity index (χ0v) is 13.4. The minimum absolute atomic E-state index is 0.0498. The minimum atomic E-state index is -1.33. The van der Waals surface area contributed by atoms with Crippen LogP contribution in [-0.4, -0.2) is 39.4 Å². The van der Waals surface area contributed by atoms with Crippen LogP contribution in [0, 0.1) is 10.1 Å². The van der Waals surface area contributed by atoms with E-state index in [-0.39, 0.29) is 12.1 Å². The molecule has 0 heterocycles. The lowest BCUT2D eigenvalue weighted by molar-refractivity contribution is -0.384. The Labute approximate surface area is 129 Å². The molecule has 0 aliphatic rings. The second-order valence-electron chi connectivity index (χ2n) is 5.03. The smallest absolute Gasteiger partial charge is 0.329 e. The minimum Gasteiger partial charge on any atom is -0.480 e. The molecule has 0 radical (unpaired) electrons. The molecule has 0 aliphatic carbocycles. The summed E-state index contributed by atoms with van der Waals surface area (Å²) >= 11 is 3.18. The highest BCUT2D eigenvalue weighted by Crippen LogP contribution is 2.24. The lowest BCUT2D eigenvalue weighted by Gasteiger charge is -2.31. The molecule has 0 aromatic heterocycles. The molecule has 1 aromatic carbocycles. The molecule has 1 rings (SSSR count). The van der Waals surface area contributed by atoms with Gasteiger partial charge in [-0.1, -0.05) is 22.0 Å². The van der Waals surface area contributed by atoms with Crippen LogP contribution in [0.1, 0.15) is 19.4 Å². The molecule has 8 heteroatoms. The van der Waals surface area contributed by atoms with Gasteiger partial charge in [0.1, 0.15) is 5.54 Å². The van der Waals surface area contributed by atoms with Crippen molar-refractivity contribution >= 4 is 33.5 Å². The third-order valence-corrected chi connectivity index (χ3v) is 4.06. The zero-order chi connectivity index (χ0) is 16.4. The average Bonchev–Trinajstić information content (AvgIpc) is 2.39. The van der Waals surface area contributed by atoms with Crippen molar-refractivity contribution in [2.24, 2.45) is 0 Å². The largest absolute Gasteiger partial charge is 0.480 e. The van der Waals surface area contributed by atoms with Crippen molar-refractivity contribution in [2.75, 3.05) is 7.05 Å². The van der Waals surface area contributed by atoms with Crippen LogP contribution in [0.4, 0.5) is 5.69 Å². The number of nitro benzene ring substituents is 1. The molecule has 21 heavy (non-hydrogen) atoms. The predicted octanol–water partition coefficient (Wildman–Crippen LogP) is 2.22. The average molecular weight is 359 g/mol. The van der Waals surface area contributed by atoms with Crippen molar-refractivity contribution in [3.63, 3.8) is 0 Å². The molecule has 0 spiro atoms. The van der Waals surface area contributed by atoms with E-state index in [1.807, 2.05) is 0 Å². The van der Waals surface area contributed by atoms with Crippen LogP contribution in [0.25, 0.3) is 0 Å². The molecule has 0 saturated carbocycles. The summed E-state index contributed by atoms with van der Waals surface area (Å²) in [5, 5.41) is 19.7. The Hall–Kier alpha value is -1.96. The van der Waals surface area contributed by atoms with E-state index in [4.69, 9.17) is 5.11 Å². The summed E-state index contributed by atoms with van der Waals surface area (Å²) in [5.74, 6) is -1.50. The Morgan fingerprint density at radius 3 is 2.43 bits per heavy atom. The highest BCUT2D eigenvalue weighted by Gasteiger charge is 2.35. The molecular weight excluding hydrogens is 344 g/mol. The summed E-state index contributed by atoms with van der Waals surface area (Å²) in [6.07, 6.45) is -0.0498. The van der Waals surface area contributed by atoms with Gasteiger partial charge in [0.05, 0.1) is 11.3 Å². The van der Waals surface area contributed by atoms with Crippen molar-refractivity contribution in [3.8, 4) is 0 Å². The normalized spacial score (nSPS) is 11.0. The van der Waals surface area contributed by atoms with Crippen molar-refractivity contribution in [1.29, 1.82) is 0 Å². The molecule has 1 aromatic rings. The van der Waals surface area contributed by atoms with Gasteiger partial charge in [-0.15, -0.1) is 0 Å². The number of aliphatic carboxylic acids is 1. The first kappa shape index (κ1) is 17.1. The van der Waals surface area contributed by atoms with Gasteiger partial charge in [-0.2, -0.15) is 0 Å². The summed E-state index contributed by atoms with van der Waals surface area (Å²) < 4.78 is 0.437. The Bertz CT molecular complexity index is 600. The summed E-state index contributed by atoms with van der Waals surface area (Å²) in [6, 6.07) is 4.09. The molecular formula is C13H15BrN2O5. The molecule has 0 unspecified atom stereocenters. The van der Waals surface area contributed by atoms with Crippen LogP contribution in [0.2, 0.25) is 0 Å². The van der Waals surface area contributed by atoms with Crippen LogP contribution in [-0.2, 0) is 16.0 Å². The number of carboxylic acids is 1. The van der Waals surface area contributed by atoms with E-state index < -0.39 is 22.3 Å². The SMILES string of the molecule is CN(C(=O)Cc1ccc([N+](=O)[O-])cc1Br)C(C)(C)C(=O)O. The molecule has 0 fully saturated rings. The maximum atomic E-state index is 12.1. The molecule has 0 atom stereocenters. The first-order chi connectivity index (χ1) is 9.57. The third-order valence-electron chi connectivity index (χ3n) is 3.33. The van der Waals surface area contributed by atoms with Gasteiger partial charge >= 0.3 is 5.97 Å². The van der Waals surface area contributed by atoms with Crippen molar-refractivity contribution in [3.05, 3.63) is 38.3 Å². The van der Waals surface area contributed by atoms with Gasteiger partial charge in [-0.25, -0.2) is 4.79 Å². The first-order valence-electron chi connectivity index (χ1n) is 6.00. The van der Waals surface area contributed by atoms with Gasteiger partial charge < -0.3 is 10.0 Å². The second-order valence-corrected chi connectivity index (χ2v) is 5.88. The molecule has 1 N–H and O–H groups in total. The molecule has 0 bridgehead atoms. The number of nitro groups is 1. The van der Waals surface area contributed by atoms with Crippen LogP contribution >= 0.6 is 15.9 Å².